The zero-order chi connectivity index (χ0) is 13.9. The summed E-state index contributed by atoms with van der Waals surface area (Å²) in [6.07, 6.45) is 7.98. The van der Waals surface area contributed by atoms with E-state index in [1.54, 1.807) is 0 Å². The van der Waals surface area contributed by atoms with Crippen molar-refractivity contribution in [1.29, 1.82) is 0 Å². The fourth-order valence-electron chi connectivity index (χ4n) is 2.62. The molecule has 0 aromatic rings. The summed E-state index contributed by atoms with van der Waals surface area (Å²) in [5.41, 5.74) is 5.84. The molecule has 2 aliphatic rings. The first-order valence-electron chi connectivity index (χ1n) is 7.98. The minimum absolute atomic E-state index is 0.204. The number of hydrogen-bond donors (Lipinski definition) is 1. The lowest BCUT2D eigenvalue weighted by Crippen LogP contribution is -2.35. The molecule has 0 aromatic heterocycles. The molecule has 2 N–H and O–H groups in total. The molecule has 0 bridgehead atoms. The smallest absolute Gasteiger partial charge is 0.222 e. The number of nitrogens with zero attached hydrogens (tertiary/aromatic N) is 1. The predicted octanol–water partition coefficient (Wildman–Crippen LogP) is 2.79. The predicted molar refractivity (Wildman–Crippen MR) is 78.7 cm³/mol. The highest BCUT2D eigenvalue weighted by Crippen LogP contribution is 2.34. The van der Waals surface area contributed by atoms with Gasteiger partial charge >= 0.3 is 0 Å². The Morgan fingerprint density at radius 3 is 2.05 bits per heavy atom. The van der Waals surface area contributed by atoms with Gasteiger partial charge in [-0.2, -0.15) is 0 Å². The maximum atomic E-state index is 12.4. The van der Waals surface area contributed by atoms with Gasteiger partial charge in [-0.05, 0) is 62.3 Å². The van der Waals surface area contributed by atoms with Crippen molar-refractivity contribution in [3.05, 3.63) is 0 Å². The monoisotopic (exact) mass is 266 g/mol. The summed E-state index contributed by atoms with van der Waals surface area (Å²) >= 11 is 0. The van der Waals surface area contributed by atoms with Crippen LogP contribution >= 0.6 is 0 Å². The van der Waals surface area contributed by atoms with Crippen LogP contribution in [0.15, 0.2) is 0 Å². The SMILES string of the molecule is CC(C)(CCN)CCC(=O)N(CC1CC1)CC1CC1. The van der Waals surface area contributed by atoms with Crippen molar-refractivity contribution in [2.45, 2.75) is 58.8 Å². The van der Waals surface area contributed by atoms with Crippen molar-refractivity contribution in [2.24, 2.45) is 23.0 Å². The Labute approximate surface area is 117 Å². The van der Waals surface area contributed by atoms with Crippen molar-refractivity contribution < 1.29 is 4.79 Å². The van der Waals surface area contributed by atoms with Crippen molar-refractivity contribution in [2.75, 3.05) is 19.6 Å². The van der Waals surface area contributed by atoms with Crippen LogP contribution in [0.5, 0.6) is 0 Å². The van der Waals surface area contributed by atoms with Gasteiger partial charge in [-0.3, -0.25) is 4.79 Å². The molecule has 3 nitrogen and oxygen atoms in total. The summed E-state index contributed by atoms with van der Waals surface area (Å²) in [6.45, 7) is 7.20. The second kappa shape index (κ2) is 6.25. The van der Waals surface area contributed by atoms with Crippen molar-refractivity contribution in [3.8, 4) is 0 Å². The highest BCUT2D eigenvalue weighted by molar-refractivity contribution is 5.76. The summed E-state index contributed by atoms with van der Waals surface area (Å²) in [5, 5.41) is 0. The van der Waals surface area contributed by atoms with Crippen molar-refractivity contribution in [3.63, 3.8) is 0 Å². The largest absolute Gasteiger partial charge is 0.342 e. The number of carbonyl (C=O) groups excluding carboxylic acids is 1. The fourth-order valence-corrected chi connectivity index (χ4v) is 2.62. The molecule has 0 spiro atoms. The van der Waals surface area contributed by atoms with Gasteiger partial charge in [0.15, 0.2) is 0 Å². The van der Waals surface area contributed by atoms with Crippen LogP contribution in [0.3, 0.4) is 0 Å². The molecule has 0 unspecified atom stereocenters. The average Bonchev–Trinajstić information content (AvgIpc) is 3.19. The van der Waals surface area contributed by atoms with Gasteiger partial charge in [-0.25, -0.2) is 0 Å². The molecule has 0 atom stereocenters. The maximum absolute atomic E-state index is 12.4. The molecule has 3 heteroatoms. The second-order valence-corrected chi connectivity index (χ2v) is 7.39. The first kappa shape index (κ1) is 14.8. The van der Waals surface area contributed by atoms with Crippen LogP contribution in [0.1, 0.15) is 58.8 Å². The first-order chi connectivity index (χ1) is 9.00. The van der Waals surface area contributed by atoms with E-state index in [-0.39, 0.29) is 5.41 Å². The number of amides is 1. The molecular formula is C16H30N2O. The van der Waals surface area contributed by atoms with E-state index >= 15 is 0 Å². The standard InChI is InChI=1S/C16H30N2O/c1-16(2,9-10-17)8-7-15(19)18(11-13-3-4-13)12-14-5-6-14/h13-14H,3-12,17H2,1-2H3. The molecule has 19 heavy (non-hydrogen) atoms. The molecule has 2 fully saturated rings. The van der Waals surface area contributed by atoms with Gasteiger partial charge in [0, 0.05) is 19.5 Å². The minimum Gasteiger partial charge on any atom is -0.342 e. The van der Waals surface area contributed by atoms with Crippen LogP contribution in [-0.4, -0.2) is 30.4 Å². The number of rotatable bonds is 9. The van der Waals surface area contributed by atoms with E-state index in [2.05, 4.69) is 18.7 Å². The lowest BCUT2D eigenvalue weighted by atomic mass is 9.84. The van der Waals surface area contributed by atoms with E-state index in [1.807, 2.05) is 0 Å². The van der Waals surface area contributed by atoms with Crippen LogP contribution in [0.2, 0.25) is 0 Å². The molecule has 0 saturated heterocycles. The minimum atomic E-state index is 0.204. The van der Waals surface area contributed by atoms with Crippen LogP contribution < -0.4 is 5.73 Å². The first-order valence-corrected chi connectivity index (χ1v) is 7.98. The highest BCUT2D eigenvalue weighted by Gasteiger charge is 2.31. The molecule has 0 aliphatic heterocycles. The van der Waals surface area contributed by atoms with Gasteiger partial charge in [0.05, 0.1) is 0 Å². The van der Waals surface area contributed by atoms with E-state index < -0.39 is 0 Å². The van der Waals surface area contributed by atoms with Gasteiger partial charge in [0.25, 0.3) is 0 Å². The van der Waals surface area contributed by atoms with Crippen LogP contribution in [0, 0.1) is 17.3 Å². The Kier molecular flexibility index (Phi) is 4.88. The van der Waals surface area contributed by atoms with Crippen molar-refractivity contribution >= 4 is 5.91 Å². The Morgan fingerprint density at radius 1 is 1.11 bits per heavy atom. The Hall–Kier alpha value is -0.570. The molecule has 2 saturated carbocycles. The van der Waals surface area contributed by atoms with E-state index in [0.29, 0.717) is 12.3 Å². The Balaban J connectivity index is 1.76. The van der Waals surface area contributed by atoms with E-state index in [4.69, 9.17) is 5.73 Å². The molecule has 0 aromatic carbocycles. The topological polar surface area (TPSA) is 46.3 Å². The Bertz CT molecular complexity index is 292. The van der Waals surface area contributed by atoms with Crippen LogP contribution in [0.25, 0.3) is 0 Å². The van der Waals surface area contributed by atoms with Gasteiger partial charge < -0.3 is 10.6 Å². The lowest BCUT2D eigenvalue weighted by molar-refractivity contribution is -0.132. The van der Waals surface area contributed by atoms with Gasteiger partial charge in [-0.15, -0.1) is 0 Å². The second-order valence-electron chi connectivity index (χ2n) is 7.39. The number of hydrogen-bond acceptors (Lipinski definition) is 2. The molecule has 1 amide bonds. The third kappa shape index (κ3) is 5.52. The number of nitrogens with two attached hydrogens (primary N) is 1. The Morgan fingerprint density at radius 2 is 1.63 bits per heavy atom. The summed E-state index contributed by atoms with van der Waals surface area (Å²) in [4.78, 5) is 14.6. The van der Waals surface area contributed by atoms with Gasteiger partial charge in [0.1, 0.15) is 0 Å². The summed E-state index contributed by atoms with van der Waals surface area (Å²) in [7, 11) is 0. The maximum Gasteiger partial charge on any atom is 0.222 e. The van der Waals surface area contributed by atoms with Crippen LogP contribution in [0.4, 0.5) is 0 Å². The third-order valence-electron chi connectivity index (χ3n) is 4.54. The molecule has 2 rings (SSSR count). The van der Waals surface area contributed by atoms with E-state index in [9.17, 15) is 4.79 Å². The molecule has 110 valence electrons. The lowest BCUT2D eigenvalue weighted by Gasteiger charge is -2.27. The zero-order valence-electron chi connectivity index (χ0n) is 12.7. The van der Waals surface area contributed by atoms with E-state index in [0.717, 1.165) is 44.3 Å². The molecule has 0 radical (unpaired) electrons. The summed E-state index contributed by atoms with van der Waals surface area (Å²) in [6, 6.07) is 0. The van der Waals surface area contributed by atoms with Crippen LogP contribution in [-0.2, 0) is 4.79 Å². The number of carbonyl (C=O) groups is 1. The third-order valence-corrected chi connectivity index (χ3v) is 4.54. The molecule has 2 aliphatic carbocycles. The van der Waals surface area contributed by atoms with E-state index in [1.165, 1.54) is 25.7 Å². The quantitative estimate of drug-likeness (QED) is 0.697. The van der Waals surface area contributed by atoms with Gasteiger partial charge in [-0.1, -0.05) is 13.8 Å². The van der Waals surface area contributed by atoms with Gasteiger partial charge in [0.2, 0.25) is 5.91 Å². The zero-order valence-corrected chi connectivity index (χ0v) is 12.7. The summed E-state index contributed by atoms with van der Waals surface area (Å²) < 4.78 is 0. The van der Waals surface area contributed by atoms with Crippen molar-refractivity contribution in [1.82, 2.24) is 4.90 Å². The summed E-state index contributed by atoms with van der Waals surface area (Å²) in [5.74, 6) is 1.99. The highest BCUT2D eigenvalue weighted by atomic mass is 16.2. The molecule has 0 heterocycles. The fraction of sp³-hybridized carbons (Fsp3) is 0.938. The molecular weight excluding hydrogens is 236 g/mol. The normalized spacial score (nSPS) is 19.5. The average molecular weight is 266 g/mol.